The first-order valence-corrected chi connectivity index (χ1v) is 11.3. The highest BCUT2D eigenvalue weighted by atomic mass is 35.5. The van der Waals surface area contributed by atoms with Crippen molar-refractivity contribution in [2.45, 2.75) is 38.6 Å². The second kappa shape index (κ2) is 10.2. The number of anilines is 2. The van der Waals surface area contributed by atoms with Crippen LogP contribution in [-0.4, -0.2) is 46.0 Å². The minimum absolute atomic E-state index is 0.0992. The molecule has 2 atom stereocenters. The van der Waals surface area contributed by atoms with Gasteiger partial charge in [-0.05, 0) is 48.7 Å². The van der Waals surface area contributed by atoms with Gasteiger partial charge in [0.25, 0.3) is 5.91 Å². The Bertz CT molecular complexity index is 1210. The number of amides is 5. The zero-order valence-electron chi connectivity index (χ0n) is 18.8. The summed E-state index contributed by atoms with van der Waals surface area (Å²) in [6.07, 6.45) is 0.139. The van der Waals surface area contributed by atoms with E-state index in [-0.39, 0.29) is 31.1 Å². The molecule has 5 amide bonds. The highest BCUT2D eigenvalue weighted by Crippen LogP contribution is 2.26. The number of carbonyl (C=O) groups is 4. The van der Waals surface area contributed by atoms with E-state index in [1.54, 1.807) is 36.4 Å². The van der Waals surface area contributed by atoms with Crippen LogP contribution in [0.25, 0.3) is 0 Å². The van der Waals surface area contributed by atoms with Crippen molar-refractivity contribution in [3.05, 3.63) is 70.4 Å². The van der Waals surface area contributed by atoms with E-state index in [0.717, 1.165) is 16.0 Å². The fourth-order valence-electron chi connectivity index (χ4n) is 3.83. The number of hydrogen-bond donors (Lipinski definition) is 5. The third-order valence-electron chi connectivity index (χ3n) is 5.75. The Morgan fingerprint density at radius 1 is 1.14 bits per heavy atom. The van der Waals surface area contributed by atoms with Crippen molar-refractivity contribution >= 4 is 46.7 Å². The molecule has 2 aliphatic rings. The van der Waals surface area contributed by atoms with Gasteiger partial charge in [0.15, 0.2) is 6.23 Å². The molecule has 2 aromatic carbocycles. The Morgan fingerprint density at radius 3 is 2.54 bits per heavy atom. The Balaban J connectivity index is 1.30. The molecule has 2 unspecified atom stereocenters. The predicted octanol–water partition coefficient (Wildman–Crippen LogP) is 2.23. The SMILES string of the molecule is Cc1ccc(NC(=O)NCc2ccc(NC3=CC(=O)N(C4CCC(=O)NC4=O)C3O)cc2)cc1Cl. The van der Waals surface area contributed by atoms with E-state index in [4.69, 9.17) is 11.6 Å². The topological polar surface area (TPSA) is 140 Å². The van der Waals surface area contributed by atoms with Gasteiger partial charge >= 0.3 is 6.03 Å². The van der Waals surface area contributed by atoms with Crippen LogP contribution in [0.3, 0.4) is 0 Å². The first-order chi connectivity index (χ1) is 16.7. The molecule has 4 rings (SSSR count). The van der Waals surface area contributed by atoms with Crippen molar-refractivity contribution in [3.63, 3.8) is 0 Å². The number of nitrogens with one attached hydrogen (secondary N) is 4. The summed E-state index contributed by atoms with van der Waals surface area (Å²) in [6, 6.07) is 11.0. The number of rotatable bonds is 6. The molecule has 0 aromatic heterocycles. The molecule has 10 nitrogen and oxygen atoms in total. The van der Waals surface area contributed by atoms with Gasteiger partial charge in [-0.15, -0.1) is 0 Å². The average Bonchev–Trinajstić information content (AvgIpc) is 3.08. The predicted molar refractivity (Wildman–Crippen MR) is 129 cm³/mol. The van der Waals surface area contributed by atoms with E-state index >= 15 is 0 Å². The molecule has 2 heterocycles. The Morgan fingerprint density at radius 2 is 1.86 bits per heavy atom. The number of halogens is 1. The maximum Gasteiger partial charge on any atom is 0.319 e. The molecule has 0 aliphatic carbocycles. The first kappa shape index (κ1) is 24.2. The van der Waals surface area contributed by atoms with E-state index in [9.17, 15) is 24.3 Å². The van der Waals surface area contributed by atoms with Gasteiger partial charge in [0.05, 0.1) is 5.70 Å². The standard InChI is InChI=1S/C24H24ClN5O5/c1-13-2-5-16(10-17(13)25)28-24(35)26-12-14-3-6-15(7-4-14)27-18-11-21(32)30(23(18)34)19-8-9-20(31)29-22(19)33/h2-7,10-11,19,23,27,34H,8-9,12H2,1H3,(H2,26,28,35)(H,29,31,33). The second-order valence-electron chi connectivity index (χ2n) is 8.28. The lowest BCUT2D eigenvalue weighted by atomic mass is 10.0. The number of aliphatic hydroxyl groups is 1. The lowest BCUT2D eigenvalue weighted by Gasteiger charge is -2.32. The van der Waals surface area contributed by atoms with Crippen LogP contribution in [0.1, 0.15) is 24.0 Å². The zero-order valence-corrected chi connectivity index (χ0v) is 19.6. The first-order valence-electron chi connectivity index (χ1n) is 10.9. The smallest absolute Gasteiger partial charge is 0.319 e. The molecule has 1 fully saturated rings. The van der Waals surface area contributed by atoms with Gasteiger partial charge in [0.1, 0.15) is 6.04 Å². The molecule has 1 saturated heterocycles. The van der Waals surface area contributed by atoms with Crippen LogP contribution >= 0.6 is 11.6 Å². The van der Waals surface area contributed by atoms with E-state index in [1.165, 1.54) is 6.08 Å². The van der Waals surface area contributed by atoms with Crippen LogP contribution in [-0.2, 0) is 20.9 Å². The molecule has 35 heavy (non-hydrogen) atoms. The molecule has 0 radical (unpaired) electrons. The highest BCUT2D eigenvalue weighted by molar-refractivity contribution is 6.31. The Hall–Kier alpha value is -3.89. The third kappa shape index (κ3) is 5.61. The van der Waals surface area contributed by atoms with Crippen molar-refractivity contribution in [2.75, 3.05) is 10.6 Å². The monoisotopic (exact) mass is 497 g/mol. The van der Waals surface area contributed by atoms with Crippen LogP contribution in [0.15, 0.2) is 54.2 Å². The molecule has 11 heteroatoms. The van der Waals surface area contributed by atoms with Crippen LogP contribution in [0.5, 0.6) is 0 Å². The van der Waals surface area contributed by atoms with Crippen LogP contribution in [0.4, 0.5) is 16.2 Å². The van der Waals surface area contributed by atoms with Crippen molar-refractivity contribution in [3.8, 4) is 0 Å². The zero-order chi connectivity index (χ0) is 25.1. The van der Waals surface area contributed by atoms with Gasteiger partial charge in [-0.1, -0.05) is 29.8 Å². The van der Waals surface area contributed by atoms with Gasteiger partial charge in [-0.2, -0.15) is 0 Å². The Kier molecular flexibility index (Phi) is 7.04. The lowest BCUT2D eigenvalue weighted by Crippen LogP contribution is -2.55. The molecule has 0 bridgehead atoms. The number of imide groups is 1. The maximum atomic E-state index is 12.4. The summed E-state index contributed by atoms with van der Waals surface area (Å²) in [6.45, 7) is 2.15. The van der Waals surface area contributed by atoms with Gasteiger partial charge < -0.3 is 21.1 Å². The number of urea groups is 1. The molecular weight excluding hydrogens is 474 g/mol. The van der Waals surface area contributed by atoms with E-state index in [0.29, 0.717) is 16.4 Å². The molecule has 2 aromatic rings. The van der Waals surface area contributed by atoms with E-state index in [1.807, 2.05) is 13.0 Å². The van der Waals surface area contributed by atoms with Gasteiger partial charge in [-0.25, -0.2) is 4.79 Å². The fourth-order valence-corrected chi connectivity index (χ4v) is 4.01. The quantitative estimate of drug-likeness (QED) is 0.388. The van der Waals surface area contributed by atoms with E-state index < -0.39 is 30.0 Å². The number of hydrogen-bond acceptors (Lipinski definition) is 6. The van der Waals surface area contributed by atoms with Gasteiger partial charge in [-0.3, -0.25) is 24.6 Å². The highest BCUT2D eigenvalue weighted by Gasteiger charge is 2.42. The van der Waals surface area contributed by atoms with Gasteiger partial charge in [0, 0.05) is 35.4 Å². The maximum absolute atomic E-state index is 12.4. The van der Waals surface area contributed by atoms with Crippen LogP contribution < -0.4 is 21.3 Å². The summed E-state index contributed by atoms with van der Waals surface area (Å²) >= 11 is 6.07. The Labute approximate surface area is 206 Å². The van der Waals surface area contributed by atoms with Crippen molar-refractivity contribution < 1.29 is 24.3 Å². The molecule has 0 spiro atoms. The fraction of sp³-hybridized carbons (Fsp3) is 0.250. The summed E-state index contributed by atoms with van der Waals surface area (Å²) in [7, 11) is 0. The molecular formula is C24H24ClN5O5. The largest absolute Gasteiger partial charge is 0.368 e. The second-order valence-corrected chi connectivity index (χ2v) is 8.69. The number of benzene rings is 2. The summed E-state index contributed by atoms with van der Waals surface area (Å²) in [4.78, 5) is 49.1. The minimum atomic E-state index is -1.34. The molecule has 2 aliphatic heterocycles. The number of carbonyl (C=O) groups excluding carboxylic acids is 4. The van der Waals surface area contributed by atoms with Crippen molar-refractivity contribution in [1.29, 1.82) is 0 Å². The normalized spacial score (nSPS) is 19.8. The average molecular weight is 498 g/mol. The molecule has 182 valence electrons. The van der Waals surface area contributed by atoms with Crippen LogP contribution in [0, 0.1) is 6.92 Å². The lowest BCUT2D eigenvalue weighted by molar-refractivity contribution is -0.148. The van der Waals surface area contributed by atoms with Crippen LogP contribution in [0.2, 0.25) is 5.02 Å². The summed E-state index contributed by atoms with van der Waals surface area (Å²) in [5.41, 5.74) is 3.16. The number of nitrogens with zero attached hydrogens (tertiary/aromatic N) is 1. The van der Waals surface area contributed by atoms with E-state index in [2.05, 4.69) is 21.3 Å². The third-order valence-corrected chi connectivity index (χ3v) is 6.15. The summed E-state index contributed by atoms with van der Waals surface area (Å²) < 4.78 is 0. The summed E-state index contributed by atoms with van der Waals surface area (Å²) in [5.74, 6) is -1.52. The van der Waals surface area contributed by atoms with Crippen molar-refractivity contribution in [2.24, 2.45) is 0 Å². The number of aryl methyl sites for hydroxylation is 1. The van der Waals surface area contributed by atoms with Gasteiger partial charge in [0.2, 0.25) is 11.8 Å². The van der Waals surface area contributed by atoms with Crippen molar-refractivity contribution in [1.82, 2.24) is 15.5 Å². The number of piperidine rings is 1. The summed E-state index contributed by atoms with van der Waals surface area (Å²) in [5, 5.41) is 21.8. The minimum Gasteiger partial charge on any atom is -0.368 e. The molecule has 5 N–H and O–H groups in total. The number of aliphatic hydroxyl groups excluding tert-OH is 1. The molecule has 0 saturated carbocycles.